The van der Waals surface area contributed by atoms with Crippen LogP contribution in [0, 0.1) is 0 Å². The van der Waals surface area contributed by atoms with E-state index in [1.165, 1.54) is 5.56 Å². The van der Waals surface area contributed by atoms with Gasteiger partial charge in [-0.3, -0.25) is 9.78 Å². The Morgan fingerprint density at radius 2 is 1.81 bits per heavy atom. The molecule has 0 radical (unpaired) electrons. The first-order valence-electron chi connectivity index (χ1n) is 11.0. The summed E-state index contributed by atoms with van der Waals surface area (Å²) in [6.07, 6.45) is 3.49. The van der Waals surface area contributed by atoms with Gasteiger partial charge >= 0.3 is 0 Å². The van der Waals surface area contributed by atoms with Crippen molar-refractivity contribution in [2.45, 2.75) is 32.9 Å². The van der Waals surface area contributed by atoms with Gasteiger partial charge in [0.1, 0.15) is 17.3 Å². The van der Waals surface area contributed by atoms with Crippen molar-refractivity contribution in [3.63, 3.8) is 0 Å². The first-order chi connectivity index (χ1) is 15.7. The summed E-state index contributed by atoms with van der Waals surface area (Å²) in [4.78, 5) is 23.4. The van der Waals surface area contributed by atoms with Gasteiger partial charge in [-0.15, -0.1) is 0 Å². The van der Waals surface area contributed by atoms with E-state index >= 15 is 0 Å². The Morgan fingerprint density at radius 1 is 1.03 bits per heavy atom. The van der Waals surface area contributed by atoms with E-state index in [0.29, 0.717) is 18.8 Å². The molecule has 4 rings (SSSR count). The van der Waals surface area contributed by atoms with E-state index in [1.807, 2.05) is 36.4 Å². The minimum Gasteiger partial charge on any atom is -0.494 e. The van der Waals surface area contributed by atoms with Gasteiger partial charge in [0.2, 0.25) is 0 Å². The van der Waals surface area contributed by atoms with Crippen LogP contribution in [0.2, 0.25) is 0 Å². The molecule has 0 saturated heterocycles. The molecule has 0 aliphatic heterocycles. The lowest BCUT2D eigenvalue weighted by Gasteiger charge is -2.18. The molecule has 0 fully saturated rings. The zero-order valence-electron chi connectivity index (χ0n) is 18.6. The van der Waals surface area contributed by atoms with E-state index in [-0.39, 0.29) is 5.91 Å². The Balaban J connectivity index is 1.44. The molecule has 6 heteroatoms. The standard InChI is InChI=1S/C26H28N4O2/c1-3-20-12-14-21(15-13-20)32-18-8-17-30-24-11-5-4-9-22(24)28-25(30)19-29(2)26(31)23-10-6-7-16-27-23/h4-7,9-16H,3,8,17-19H2,1-2H3. The molecule has 0 bridgehead atoms. The van der Waals surface area contributed by atoms with Gasteiger partial charge in [0.25, 0.3) is 5.91 Å². The molecule has 2 aromatic carbocycles. The zero-order chi connectivity index (χ0) is 22.3. The van der Waals surface area contributed by atoms with Crippen molar-refractivity contribution in [2.75, 3.05) is 13.7 Å². The molecule has 2 aromatic heterocycles. The number of para-hydroxylation sites is 2. The average Bonchev–Trinajstić information content (AvgIpc) is 3.19. The Hall–Kier alpha value is -3.67. The Kier molecular flexibility index (Phi) is 6.80. The molecule has 6 nitrogen and oxygen atoms in total. The van der Waals surface area contributed by atoms with Crippen LogP contribution in [0.15, 0.2) is 72.9 Å². The van der Waals surface area contributed by atoms with Crippen LogP contribution in [0.3, 0.4) is 0 Å². The van der Waals surface area contributed by atoms with E-state index in [4.69, 9.17) is 9.72 Å². The largest absolute Gasteiger partial charge is 0.494 e. The van der Waals surface area contributed by atoms with Gasteiger partial charge in [-0.2, -0.15) is 0 Å². The summed E-state index contributed by atoms with van der Waals surface area (Å²) in [5, 5.41) is 0. The highest BCUT2D eigenvalue weighted by molar-refractivity contribution is 5.92. The number of amides is 1. The number of nitrogens with zero attached hydrogens (tertiary/aromatic N) is 4. The van der Waals surface area contributed by atoms with E-state index < -0.39 is 0 Å². The lowest BCUT2D eigenvalue weighted by Crippen LogP contribution is -2.28. The monoisotopic (exact) mass is 428 g/mol. The van der Waals surface area contributed by atoms with Gasteiger partial charge in [0, 0.05) is 19.8 Å². The lowest BCUT2D eigenvalue weighted by atomic mass is 10.2. The van der Waals surface area contributed by atoms with Crippen LogP contribution in [0.4, 0.5) is 0 Å². The summed E-state index contributed by atoms with van der Waals surface area (Å²) < 4.78 is 8.11. The third-order valence-corrected chi connectivity index (χ3v) is 5.47. The number of hydrogen-bond acceptors (Lipinski definition) is 4. The molecular weight excluding hydrogens is 400 g/mol. The van der Waals surface area contributed by atoms with Crippen molar-refractivity contribution in [1.82, 2.24) is 19.4 Å². The minimum atomic E-state index is -0.122. The molecule has 0 aliphatic carbocycles. The molecule has 1 amide bonds. The lowest BCUT2D eigenvalue weighted by molar-refractivity contribution is 0.0774. The topological polar surface area (TPSA) is 60.2 Å². The summed E-state index contributed by atoms with van der Waals surface area (Å²) >= 11 is 0. The zero-order valence-corrected chi connectivity index (χ0v) is 18.6. The summed E-state index contributed by atoms with van der Waals surface area (Å²) in [5.74, 6) is 1.62. The number of aromatic nitrogens is 3. The Bertz CT molecular complexity index is 1170. The number of rotatable bonds is 9. The van der Waals surface area contributed by atoms with Crippen molar-refractivity contribution in [3.8, 4) is 5.75 Å². The SMILES string of the molecule is CCc1ccc(OCCCn2c(CN(C)C(=O)c3ccccn3)nc3ccccc32)cc1. The smallest absolute Gasteiger partial charge is 0.272 e. The number of benzene rings is 2. The van der Waals surface area contributed by atoms with Gasteiger partial charge in [0.15, 0.2) is 0 Å². The predicted octanol–water partition coefficient (Wildman–Crippen LogP) is 4.74. The van der Waals surface area contributed by atoms with Crippen LogP contribution in [-0.4, -0.2) is 39.0 Å². The van der Waals surface area contributed by atoms with Gasteiger partial charge in [-0.25, -0.2) is 4.98 Å². The predicted molar refractivity (Wildman–Crippen MR) is 126 cm³/mol. The van der Waals surface area contributed by atoms with Gasteiger partial charge in [-0.1, -0.05) is 37.3 Å². The maximum Gasteiger partial charge on any atom is 0.272 e. The summed E-state index contributed by atoms with van der Waals surface area (Å²) in [7, 11) is 1.78. The van der Waals surface area contributed by atoms with Gasteiger partial charge < -0.3 is 14.2 Å². The van der Waals surface area contributed by atoms with Crippen molar-refractivity contribution in [1.29, 1.82) is 0 Å². The molecule has 0 unspecified atom stereocenters. The fourth-order valence-electron chi connectivity index (χ4n) is 3.70. The minimum absolute atomic E-state index is 0.122. The third kappa shape index (κ3) is 4.97. The van der Waals surface area contributed by atoms with Crippen LogP contribution < -0.4 is 4.74 Å². The quantitative estimate of drug-likeness (QED) is 0.362. The van der Waals surface area contributed by atoms with Crippen LogP contribution in [0.25, 0.3) is 11.0 Å². The second-order valence-electron chi connectivity index (χ2n) is 7.74. The van der Waals surface area contributed by atoms with Crippen LogP contribution in [0.1, 0.15) is 35.2 Å². The molecule has 0 atom stereocenters. The molecule has 4 aromatic rings. The highest BCUT2D eigenvalue weighted by atomic mass is 16.5. The van der Waals surface area contributed by atoms with E-state index in [2.05, 4.69) is 34.7 Å². The van der Waals surface area contributed by atoms with Crippen molar-refractivity contribution < 1.29 is 9.53 Å². The van der Waals surface area contributed by atoms with Crippen LogP contribution in [0.5, 0.6) is 5.75 Å². The van der Waals surface area contributed by atoms with E-state index in [9.17, 15) is 4.79 Å². The first kappa shape index (κ1) is 21.6. The third-order valence-electron chi connectivity index (χ3n) is 5.47. The fourth-order valence-corrected chi connectivity index (χ4v) is 3.70. The number of carbonyl (C=O) groups is 1. The number of ether oxygens (including phenoxy) is 1. The second kappa shape index (κ2) is 10.1. The summed E-state index contributed by atoms with van der Waals surface area (Å²) in [6, 6.07) is 21.7. The number of fused-ring (bicyclic) bond motifs is 1. The molecule has 0 spiro atoms. The molecular formula is C26H28N4O2. The molecule has 0 saturated carbocycles. The summed E-state index contributed by atoms with van der Waals surface area (Å²) in [5.41, 5.74) is 3.72. The fraction of sp³-hybridized carbons (Fsp3) is 0.269. The van der Waals surface area contributed by atoms with Gasteiger partial charge in [0.05, 0.1) is 24.2 Å². The first-order valence-corrected chi connectivity index (χ1v) is 11.0. The number of imidazole rings is 1. The Morgan fingerprint density at radius 3 is 2.56 bits per heavy atom. The summed E-state index contributed by atoms with van der Waals surface area (Å²) in [6.45, 7) is 3.92. The number of aryl methyl sites for hydroxylation is 2. The second-order valence-corrected chi connectivity index (χ2v) is 7.74. The van der Waals surface area contributed by atoms with Crippen molar-refractivity contribution in [2.24, 2.45) is 0 Å². The highest BCUT2D eigenvalue weighted by Crippen LogP contribution is 2.19. The average molecular weight is 429 g/mol. The Labute approximate surface area is 188 Å². The molecule has 2 heterocycles. The number of pyridine rings is 1. The van der Waals surface area contributed by atoms with E-state index in [0.717, 1.165) is 42.0 Å². The number of carbonyl (C=O) groups excluding carboxylic acids is 1. The van der Waals surface area contributed by atoms with Gasteiger partial charge in [-0.05, 0) is 54.8 Å². The molecule has 0 N–H and O–H groups in total. The van der Waals surface area contributed by atoms with Crippen molar-refractivity contribution >= 4 is 16.9 Å². The normalized spacial score (nSPS) is 10.9. The maximum atomic E-state index is 12.7. The number of hydrogen-bond donors (Lipinski definition) is 0. The highest BCUT2D eigenvalue weighted by Gasteiger charge is 2.17. The molecule has 164 valence electrons. The van der Waals surface area contributed by atoms with Crippen LogP contribution >= 0.6 is 0 Å². The van der Waals surface area contributed by atoms with Crippen molar-refractivity contribution in [3.05, 3.63) is 90.0 Å². The van der Waals surface area contributed by atoms with Crippen LogP contribution in [-0.2, 0) is 19.5 Å². The molecule has 32 heavy (non-hydrogen) atoms. The van der Waals surface area contributed by atoms with E-state index in [1.54, 1.807) is 30.3 Å². The maximum absolute atomic E-state index is 12.7. The molecule has 0 aliphatic rings.